The van der Waals surface area contributed by atoms with Crippen molar-refractivity contribution in [3.8, 4) is 5.75 Å². The number of hydrogen-bond acceptors (Lipinski definition) is 3. The third-order valence-electron chi connectivity index (χ3n) is 5.65. The molecule has 0 aliphatic rings. The van der Waals surface area contributed by atoms with Crippen LogP contribution in [0.4, 0.5) is 13.2 Å². The van der Waals surface area contributed by atoms with Crippen molar-refractivity contribution in [2.75, 3.05) is 0 Å². The molecular weight excluding hydrogens is 471 g/mol. The first-order valence-corrected chi connectivity index (χ1v) is 11.1. The maximum Gasteiger partial charge on any atom is 0.416 e. The Balaban J connectivity index is 1.63. The molecule has 0 heterocycles. The summed E-state index contributed by atoms with van der Waals surface area (Å²) in [7, 11) is 0. The van der Waals surface area contributed by atoms with Gasteiger partial charge in [0, 0.05) is 11.8 Å². The van der Waals surface area contributed by atoms with Gasteiger partial charge in [-0.3, -0.25) is 4.79 Å². The van der Waals surface area contributed by atoms with Crippen LogP contribution in [-0.4, -0.2) is 23.0 Å². The van der Waals surface area contributed by atoms with E-state index in [4.69, 9.17) is 4.74 Å². The fourth-order valence-electron chi connectivity index (χ4n) is 3.86. The number of carbonyl (C=O) groups is 2. The Kier molecular flexibility index (Phi) is 7.24. The molecule has 0 radical (unpaired) electrons. The molecule has 4 aromatic rings. The van der Waals surface area contributed by atoms with Crippen molar-refractivity contribution in [2.24, 2.45) is 0 Å². The van der Waals surface area contributed by atoms with Crippen LogP contribution in [0, 0.1) is 0 Å². The zero-order chi connectivity index (χ0) is 25.7. The minimum absolute atomic E-state index is 0.0793. The molecule has 0 aliphatic heterocycles. The summed E-state index contributed by atoms with van der Waals surface area (Å²) in [4.78, 5) is 25.1. The van der Waals surface area contributed by atoms with Gasteiger partial charge in [-0.2, -0.15) is 13.2 Å². The summed E-state index contributed by atoms with van der Waals surface area (Å²) in [6.07, 6.45) is -4.42. The number of alkyl halides is 3. The molecule has 4 aromatic carbocycles. The Labute approximate surface area is 205 Å². The van der Waals surface area contributed by atoms with Gasteiger partial charge in [0.1, 0.15) is 18.4 Å². The lowest BCUT2D eigenvalue weighted by atomic mass is 10.0. The Morgan fingerprint density at radius 2 is 1.56 bits per heavy atom. The van der Waals surface area contributed by atoms with Crippen molar-refractivity contribution >= 4 is 22.6 Å². The molecule has 0 saturated heterocycles. The average Bonchev–Trinajstić information content (AvgIpc) is 2.87. The number of carboxylic acids is 1. The lowest BCUT2D eigenvalue weighted by molar-refractivity contribution is -0.139. The molecule has 5 nitrogen and oxygen atoms in total. The van der Waals surface area contributed by atoms with E-state index in [9.17, 15) is 27.9 Å². The van der Waals surface area contributed by atoms with E-state index in [0.29, 0.717) is 5.39 Å². The minimum Gasteiger partial charge on any atom is -0.487 e. The van der Waals surface area contributed by atoms with E-state index in [-0.39, 0.29) is 29.9 Å². The molecule has 36 heavy (non-hydrogen) atoms. The largest absolute Gasteiger partial charge is 0.487 e. The molecule has 4 rings (SSSR count). The summed E-state index contributed by atoms with van der Waals surface area (Å²) < 4.78 is 45.2. The second-order valence-electron chi connectivity index (χ2n) is 8.20. The van der Waals surface area contributed by atoms with Crippen LogP contribution in [0.25, 0.3) is 10.8 Å². The van der Waals surface area contributed by atoms with Crippen molar-refractivity contribution in [1.82, 2.24) is 5.32 Å². The first-order chi connectivity index (χ1) is 17.2. The Bertz CT molecular complexity index is 1390. The monoisotopic (exact) mass is 493 g/mol. The predicted octanol–water partition coefficient (Wildman–Crippen LogP) is 5.86. The van der Waals surface area contributed by atoms with Crippen LogP contribution in [0.1, 0.15) is 27.0 Å². The molecule has 8 heteroatoms. The number of aliphatic carboxylic acids is 1. The first-order valence-electron chi connectivity index (χ1n) is 11.1. The van der Waals surface area contributed by atoms with Gasteiger partial charge in [-0.15, -0.1) is 0 Å². The minimum atomic E-state index is -4.49. The number of hydrogen-bond donors (Lipinski definition) is 2. The van der Waals surface area contributed by atoms with Gasteiger partial charge in [0.05, 0.1) is 11.1 Å². The van der Waals surface area contributed by atoms with Gasteiger partial charge in [-0.1, -0.05) is 72.8 Å². The van der Waals surface area contributed by atoms with Crippen LogP contribution < -0.4 is 10.1 Å². The Morgan fingerprint density at radius 1 is 0.861 bits per heavy atom. The van der Waals surface area contributed by atoms with Crippen molar-refractivity contribution in [2.45, 2.75) is 25.2 Å². The summed E-state index contributed by atoms with van der Waals surface area (Å²) >= 11 is 0. The number of rotatable bonds is 8. The lowest BCUT2D eigenvalue weighted by Crippen LogP contribution is -2.42. The maximum atomic E-state index is 13.2. The molecule has 0 saturated carbocycles. The van der Waals surface area contributed by atoms with Gasteiger partial charge in [-0.05, 0) is 34.7 Å². The topological polar surface area (TPSA) is 75.6 Å². The molecule has 0 aliphatic carbocycles. The number of halogens is 3. The molecule has 2 N–H and O–H groups in total. The van der Waals surface area contributed by atoms with E-state index in [1.165, 1.54) is 18.2 Å². The van der Waals surface area contributed by atoms with E-state index in [0.717, 1.165) is 23.1 Å². The molecule has 1 unspecified atom stereocenters. The number of carboxylic acid groups (broad SMARTS) is 1. The van der Waals surface area contributed by atoms with E-state index in [1.807, 2.05) is 6.07 Å². The van der Waals surface area contributed by atoms with Crippen molar-refractivity contribution in [1.29, 1.82) is 0 Å². The standard InChI is InChI=1S/C28H22F3NO4/c29-28(30,31)21-11-6-9-19(15-21)17-36-25-22-12-5-4-10-20(22)13-14-23(25)26(33)32-24(27(34)35)16-18-7-2-1-3-8-18/h1-15,24H,16-17H2,(H,32,33)(H,34,35). The molecule has 1 amide bonds. The van der Waals surface area contributed by atoms with Gasteiger partial charge in [0.25, 0.3) is 5.91 Å². The smallest absolute Gasteiger partial charge is 0.416 e. The summed E-state index contributed by atoms with van der Waals surface area (Å²) in [6.45, 7) is -0.218. The maximum absolute atomic E-state index is 13.2. The predicted molar refractivity (Wildman–Crippen MR) is 129 cm³/mol. The molecule has 0 spiro atoms. The lowest BCUT2D eigenvalue weighted by Gasteiger charge is -2.18. The number of fused-ring (bicyclic) bond motifs is 1. The summed E-state index contributed by atoms with van der Waals surface area (Å²) in [5, 5.41) is 13.6. The average molecular weight is 493 g/mol. The molecule has 0 aromatic heterocycles. The molecule has 1 atom stereocenters. The zero-order valence-corrected chi connectivity index (χ0v) is 19.0. The van der Waals surface area contributed by atoms with Gasteiger partial charge in [-0.25, -0.2) is 4.79 Å². The highest BCUT2D eigenvalue weighted by Gasteiger charge is 2.30. The van der Waals surface area contributed by atoms with Crippen molar-refractivity contribution in [3.05, 3.63) is 113 Å². The van der Waals surface area contributed by atoms with Crippen LogP contribution in [0.15, 0.2) is 91.0 Å². The second kappa shape index (κ2) is 10.5. The van der Waals surface area contributed by atoms with Crippen molar-refractivity contribution in [3.63, 3.8) is 0 Å². The van der Waals surface area contributed by atoms with Gasteiger partial charge in [0.15, 0.2) is 0 Å². The van der Waals surface area contributed by atoms with Gasteiger partial charge in [0.2, 0.25) is 0 Å². The van der Waals surface area contributed by atoms with Gasteiger partial charge < -0.3 is 15.2 Å². The fourth-order valence-corrected chi connectivity index (χ4v) is 3.86. The zero-order valence-electron chi connectivity index (χ0n) is 19.0. The van der Waals surface area contributed by atoms with Crippen LogP contribution in [0.2, 0.25) is 0 Å². The van der Waals surface area contributed by atoms with Crippen LogP contribution >= 0.6 is 0 Å². The third kappa shape index (κ3) is 5.83. The molecule has 0 fully saturated rings. The summed E-state index contributed by atoms with van der Waals surface area (Å²) in [5.41, 5.74) is 0.297. The third-order valence-corrected chi connectivity index (χ3v) is 5.65. The number of carbonyl (C=O) groups excluding carboxylic acids is 1. The van der Waals surface area contributed by atoms with E-state index >= 15 is 0 Å². The molecule has 0 bridgehead atoms. The molecule has 184 valence electrons. The number of benzene rings is 4. The highest BCUT2D eigenvalue weighted by atomic mass is 19.4. The summed E-state index contributed by atoms with van der Waals surface area (Å²) in [6, 6.07) is 22.8. The van der Waals surface area contributed by atoms with Gasteiger partial charge >= 0.3 is 12.1 Å². The Hall–Kier alpha value is -4.33. The number of ether oxygens (including phenoxy) is 1. The van der Waals surface area contributed by atoms with E-state index in [1.54, 1.807) is 54.6 Å². The first kappa shape index (κ1) is 24.8. The SMILES string of the molecule is O=C(NC(Cc1ccccc1)C(=O)O)c1ccc2ccccc2c1OCc1cccc(C(F)(F)F)c1. The van der Waals surface area contributed by atoms with Crippen LogP contribution in [0.5, 0.6) is 5.75 Å². The normalized spacial score (nSPS) is 12.2. The highest BCUT2D eigenvalue weighted by Crippen LogP contribution is 2.32. The second-order valence-corrected chi connectivity index (χ2v) is 8.20. The van der Waals surface area contributed by atoms with E-state index in [2.05, 4.69) is 5.32 Å². The van der Waals surface area contributed by atoms with Crippen LogP contribution in [0.3, 0.4) is 0 Å². The van der Waals surface area contributed by atoms with Crippen molar-refractivity contribution < 1.29 is 32.6 Å². The fraction of sp³-hybridized carbons (Fsp3) is 0.143. The summed E-state index contributed by atoms with van der Waals surface area (Å²) in [5.74, 6) is -1.70. The van der Waals surface area contributed by atoms with E-state index < -0.39 is 29.7 Å². The number of nitrogens with one attached hydrogen (secondary N) is 1. The van der Waals surface area contributed by atoms with Crippen LogP contribution in [-0.2, 0) is 24.0 Å². The quantitative estimate of drug-likeness (QED) is 0.322. The molecular formula is C28H22F3NO4. The number of amides is 1. The Morgan fingerprint density at radius 3 is 2.28 bits per heavy atom. The highest BCUT2D eigenvalue weighted by molar-refractivity contribution is 6.04.